The molecule has 4 nitrogen and oxygen atoms in total. The van der Waals surface area contributed by atoms with Gasteiger partial charge in [-0.1, -0.05) is 50.2 Å². The van der Waals surface area contributed by atoms with Gasteiger partial charge in [-0.25, -0.2) is 9.37 Å². The van der Waals surface area contributed by atoms with E-state index >= 15 is 0 Å². The Morgan fingerprint density at radius 1 is 1.00 bits per heavy atom. The van der Waals surface area contributed by atoms with Crippen LogP contribution < -0.4 is 4.90 Å². The van der Waals surface area contributed by atoms with Crippen LogP contribution >= 0.6 is 0 Å². The predicted molar refractivity (Wildman–Crippen MR) is 125 cm³/mol. The molecule has 1 saturated heterocycles. The first-order valence-electron chi connectivity index (χ1n) is 11.1. The maximum Gasteiger partial charge on any atom is 0.227 e. The lowest BCUT2D eigenvalue weighted by Gasteiger charge is -2.17. The first kappa shape index (κ1) is 20.4. The van der Waals surface area contributed by atoms with E-state index < -0.39 is 0 Å². The van der Waals surface area contributed by atoms with Crippen LogP contribution in [0.4, 0.5) is 10.1 Å². The van der Waals surface area contributed by atoms with E-state index in [2.05, 4.69) is 48.7 Å². The summed E-state index contributed by atoms with van der Waals surface area (Å²) in [5.74, 6) is 1.14. The first-order chi connectivity index (χ1) is 15.5. The van der Waals surface area contributed by atoms with E-state index in [1.807, 2.05) is 18.2 Å². The molecule has 1 aliphatic heterocycles. The van der Waals surface area contributed by atoms with Gasteiger partial charge in [-0.2, -0.15) is 0 Å². The number of hydrogen-bond donors (Lipinski definition) is 0. The van der Waals surface area contributed by atoms with Gasteiger partial charge in [-0.3, -0.25) is 4.79 Å². The number of aromatic nitrogens is 2. The van der Waals surface area contributed by atoms with Gasteiger partial charge < -0.3 is 9.47 Å². The lowest BCUT2D eigenvalue weighted by molar-refractivity contribution is -0.117. The number of carbonyl (C=O) groups is 1. The minimum absolute atomic E-state index is 0.0186. The molecule has 5 heteroatoms. The molecule has 1 aliphatic rings. The molecular weight excluding hydrogens is 401 g/mol. The number of amides is 1. The van der Waals surface area contributed by atoms with E-state index in [9.17, 15) is 9.18 Å². The minimum Gasteiger partial charge on any atom is -0.323 e. The van der Waals surface area contributed by atoms with Gasteiger partial charge >= 0.3 is 0 Å². The van der Waals surface area contributed by atoms with Gasteiger partial charge in [0.05, 0.1) is 11.0 Å². The van der Waals surface area contributed by atoms with Crippen LogP contribution in [0.15, 0.2) is 72.8 Å². The van der Waals surface area contributed by atoms with Crippen molar-refractivity contribution >= 4 is 22.6 Å². The fourth-order valence-corrected chi connectivity index (χ4v) is 4.51. The Balaban J connectivity index is 1.49. The zero-order chi connectivity index (χ0) is 22.2. The normalized spacial score (nSPS) is 16.4. The SMILES string of the molecule is CC(C)c1ccc(Cn2c([C@@H]3CC(=O)N(c4ccc(F)cc4)C3)nc3ccccc32)cc1. The van der Waals surface area contributed by atoms with Gasteiger partial charge in [-0.05, 0) is 53.4 Å². The average molecular weight is 428 g/mol. The minimum atomic E-state index is -0.303. The average Bonchev–Trinajstić information content (AvgIpc) is 3.35. The van der Waals surface area contributed by atoms with Crippen LogP contribution in [0.2, 0.25) is 0 Å². The van der Waals surface area contributed by atoms with Crippen molar-refractivity contribution in [1.82, 2.24) is 9.55 Å². The summed E-state index contributed by atoms with van der Waals surface area (Å²) in [5.41, 5.74) is 5.27. The van der Waals surface area contributed by atoms with Crippen molar-refractivity contribution in [2.24, 2.45) is 0 Å². The number of benzene rings is 3. The Kier molecular flexibility index (Phi) is 5.25. The molecular formula is C27H26FN3O. The van der Waals surface area contributed by atoms with Gasteiger partial charge in [0, 0.05) is 31.1 Å². The Hall–Kier alpha value is -3.47. The summed E-state index contributed by atoms with van der Waals surface area (Å²) in [4.78, 5) is 19.5. The topological polar surface area (TPSA) is 38.1 Å². The highest BCUT2D eigenvalue weighted by atomic mass is 19.1. The van der Waals surface area contributed by atoms with Crippen LogP contribution in [-0.2, 0) is 11.3 Å². The lowest BCUT2D eigenvalue weighted by Crippen LogP contribution is -2.24. The highest BCUT2D eigenvalue weighted by Gasteiger charge is 2.34. The highest BCUT2D eigenvalue weighted by Crippen LogP contribution is 2.33. The summed E-state index contributed by atoms with van der Waals surface area (Å²) in [6.07, 6.45) is 0.396. The molecule has 0 bridgehead atoms. The molecule has 0 N–H and O–H groups in total. The fourth-order valence-electron chi connectivity index (χ4n) is 4.51. The number of hydrogen-bond acceptors (Lipinski definition) is 2. The van der Waals surface area contributed by atoms with Gasteiger partial charge in [0.15, 0.2) is 0 Å². The molecule has 3 aromatic carbocycles. The lowest BCUT2D eigenvalue weighted by atomic mass is 10.0. The largest absolute Gasteiger partial charge is 0.323 e. The predicted octanol–water partition coefficient (Wildman–Crippen LogP) is 5.87. The monoisotopic (exact) mass is 427 g/mol. The van der Waals surface area contributed by atoms with Gasteiger partial charge in [-0.15, -0.1) is 0 Å². The van der Waals surface area contributed by atoms with Crippen molar-refractivity contribution in [2.45, 2.75) is 38.6 Å². The second kappa shape index (κ2) is 8.23. The maximum absolute atomic E-state index is 13.3. The second-order valence-electron chi connectivity index (χ2n) is 8.82. The summed E-state index contributed by atoms with van der Waals surface area (Å²) >= 11 is 0. The Morgan fingerprint density at radius 3 is 2.44 bits per heavy atom. The van der Waals surface area contributed by atoms with Crippen LogP contribution in [0.5, 0.6) is 0 Å². The zero-order valence-corrected chi connectivity index (χ0v) is 18.3. The quantitative estimate of drug-likeness (QED) is 0.400. The number of fused-ring (bicyclic) bond motifs is 1. The van der Waals surface area contributed by atoms with Gasteiger partial charge in [0.2, 0.25) is 5.91 Å². The van der Waals surface area contributed by atoms with Gasteiger partial charge in [0.25, 0.3) is 0 Å². The summed E-state index contributed by atoms with van der Waals surface area (Å²) in [6, 6.07) is 23.0. The molecule has 1 atom stereocenters. The zero-order valence-electron chi connectivity index (χ0n) is 18.3. The molecule has 1 aromatic heterocycles. The smallest absolute Gasteiger partial charge is 0.227 e. The molecule has 4 aromatic rings. The van der Waals surface area contributed by atoms with Crippen molar-refractivity contribution in [3.63, 3.8) is 0 Å². The van der Waals surface area contributed by atoms with E-state index in [1.165, 1.54) is 23.3 Å². The standard InChI is InChI=1S/C27H26FN3O/c1-18(2)20-9-7-19(8-10-20)16-31-25-6-4-3-5-24(25)29-27(31)21-15-26(32)30(17-21)23-13-11-22(28)12-14-23/h3-14,18,21H,15-17H2,1-2H3/t21-/m1/s1. The Labute approximate surface area is 187 Å². The third kappa shape index (κ3) is 3.79. The van der Waals surface area contributed by atoms with Crippen molar-refractivity contribution in [1.29, 1.82) is 0 Å². The van der Waals surface area contributed by atoms with Crippen molar-refractivity contribution in [3.8, 4) is 0 Å². The number of anilines is 1. The molecule has 0 radical (unpaired) electrons. The summed E-state index contributed by atoms with van der Waals surface area (Å²) < 4.78 is 15.6. The molecule has 1 fully saturated rings. The number of nitrogens with zero attached hydrogens (tertiary/aromatic N) is 3. The second-order valence-corrected chi connectivity index (χ2v) is 8.82. The number of halogens is 1. The number of imidazole rings is 1. The number of para-hydroxylation sites is 2. The van der Waals surface area contributed by atoms with Crippen LogP contribution in [0.1, 0.15) is 49.1 Å². The maximum atomic E-state index is 13.3. The van der Waals surface area contributed by atoms with E-state index in [4.69, 9.17) is 4.98 Å². The highest BCUT2D eigenvalue weighted by molar-refractivity contribution is 5.96. The van der Waals surface area contributed by atoms with Crippen molar-refractivity contribution in [2.75, 3.05) is 11.4 Å². The van der Waals surface area contributed by atoms with Crippen LogP contribution in [0.3, 0.4) is 0 Å². The summed E-state index contributed by atoms with van der Waals surface area (Å²) in [6.45, 7) is 5.64. The molecule has 5 rings (SSSR count). The van der Waals surface area contributed by atoms with Gasteiger partial charge in [0.1, 0.15) is 11.6 Å². The van der Waals surface area contributed by atoms with Crippen LogP contribution in [-0.4, -0.2) is 22.0 Å². The fraction of sp³-hybridized carbons (Fsp3) is 0.259. The number of rotatable bonds is 5. The van der Waals surface area contributed by atoms with Crippen LogP contribution in [0, 0.1) is 5.82 Å². The molecule has 0 saturated carbocycles. The van der Waals surface area contributed by atoms with Crippen molar-refractivity contribution in [3.05, 3.63) is 95.6 Å². The molecule has 162 valence electrons. The molecule has 0 spiro atoms. The summed E-state index contributed by atoms with van der Waals surface area (Å²) in [7, 11) is 0. The molecule has 0 aliphatic carbocycles. The molecule has 32 heavy (non-hydrogen) atoms. The summed E-state index contributed by atoms with van der Waals surface area (Å²) in [5, 5.41) is 0. The Morgan fingerprint density at radius 2 is 1.72 bits per heavy atom. The van der Waals surface area contributed by atoms with Crippen LogP contribution in [0.25, 0.3) is 11.0 Å². The van der Waals surface area contributed by atoms with E-state index in [0.29, 0.717) is 25.4 Å². The van der Waals surface area contributed by atoms with E-state index in [-0.39, 0.29) is 17.6 Å². The number of carbonyl (C=O) groups excluding carboxylic acids is 1. The van der Waals surface area contributed by atoms with E-state index in [1.54, 1.807) is 17.0 Å². The molecule has 2 heterocycles. The third-order valence-corrected chi connectivity index (χ3v) is 6.30. The van der Waals surface area contributed by atoms with E-state index in [0.717, 1.165) is 22.5 Å². The molecule has 1 amide bonds. The van der Waals surface area contributed by atoms with Crippen molar-refractivity contribution < 1.29 is 9.18 Å². The Bertz CT molecular complexity index is 1260. The molecule has 0 unspecified atom stereocenters. The first-order valence-corrected chi connectivity index (χ1v) is 11.1. The third-order valence-electron chi connectivity index (χ3n) is 6.30.